The molecule has 0 aliphatic carbocycles. The molecule has 0 saturated carbocycles. The molecule has 81 valence electrons. The zero-order valence-electron chi connectivity index (χ0n) is 8.97. The van der Waals surface area contributed by atoms with E-state index in [0.717, 1.165) is 5.56 Å². The molecule has 0 amide bonds. The number of ketones is 1. The fourth-order valence-corrected chi connectivity index (χ4v) is 1.23. The van der Waals surface area contributed by atoms with Gasteiger partial charge in [-0.1, -0.05) is 45.0 Å². The summed E-state index contributed by atoms with van der Waals surface area (Å²) in [5.74, 6) is -1.20. The Morgan fingerprint density at radius 2 is 1.53 bits per heavy atom. The van der Waals surface area contributed by atoms with Gasteiger partial charge in [0.2, 0.25) is 5.78 Å². The number of hydrogen-bond acceptors (Lipinski definition) is 1. The molecule has 3 heteroatoms. The Morgan fingerprint density at radius 1 is 1.07 bits per heavy atom. The number of Topliss-reactive ketones (excluding diaryl/α,β-unsaturated/α-hetero) is 1. The zero-order chi connectivity index (χ0) is 11.6. The van der Waals surface area contributed by atoms with Crippen molar-refractivity contribution in [1.29, 1.82) is 0 Å². The van der Waals surface area contributed by atoms with Crippen molar-refractivity contribution in [3.63, 3.8) is 0 Å². The maximum atomic E-state index is 12.0. The number of carbonyl (C=O) groups excluding carboxylic acids is 1. The highest BCUT2D eigenvalue weighted by molar-refractivity contribution is 6.03. The first-order chi connectivity index (χ1) is 6.82. The third kappa shape index (κ3) is 2.85. The van der Waals surface area contributed by atoms with Crippen molar-refractivity contribution in [2.24, 2.45) is 0 Å². The van der Waals surface area contributed by atoms with Crippen molar-refractivity contribution in [3.8, 4) is 0 Å². The van der Waals surface area contributed by atoms with Gasteiger partial charge in [0.25, 0.3) is 0 Å². The quantitative estimate of drug-likeness (QED) is 0.683. The predicted molar refractivity (Wildman–Crippen MR) is 54.9 cm³/mol. The number of halogens is 2. The van der Waals surface area contributed by atoms with Gasteiger partial charge in [0.1, 0.15) is 0 Å². The van der Waals surface area contributed by atoms with Crippen LogP contribution in [-0.4, -0.2) is 5.78 Å². The summed E-state index contributed by atoms with van der Waals surface area (Å²) in [7, 11) is 0. The number of hydrogen-bond donors (Lipinski definition) is 0. The Morgan fingerprint density at radius 3 is 1.87 bits per heavy atom. The molecule has 0 N–H and O–H groups in total. The van der Waals surface area contributed by atoms with Crippen molar-refractivity contribution in [3.05, 3.63) is 41.8 Å². The maximum Gasteiger partial charge on any atom is 0.379 e. The van der Waals surface area contributed by atoms with Gasteiger partial charge in [0.15, 0.2) is 0 Å². The van der Waals surface area contributed by atoms with E-state index in [2.05, 4.69) is 0 Å². The van der Waals surface area contributed by atoms with Crippen molar-refractivity contribution in [2.45, 2.75) is 26.2 Å². The highest BCUT2D eigenvalue weighted by atomic mass is 19.3. The molecule has 0 spiro atoms. The molecular weight excluding hydrogens is 198 g/mol. The summed E-state index contributed by atoms with van der Waals surface area (Å²) in [6.45, 7) is 6.06. The van der Waals surface area contributed by atoms with Crippen LogP contribution in [0, 0.1) is 6.43 Å². The third-order valence-corrected chi connectivity index (χ3v) is 2.18. The minimum atomic E-state index is -2.17. The topological polar surface area (TPSA) is 17.1 Å². The van der Waals surface area contributed by atoms with Gasteiger partial charge in [0, 0.05) is 5.56 Å². The number of benzene rings is 1. The van der Waals surface area contributed by atoms with Gasteiger partial charge in [0.05, 0.1) is 0 Å². The lowest BCUT2D eigenvalue weighted by Gasteiger charge is -2.18. The van der Waals surface area contributed by atoms with E-state index in [9.17, 15) is 13.6 Å². The van der Waals surface area contributed by atoms with Gasteiger partial charge in [-0.15, -0.1) is 0 Å². The van der Waals surface area contributed by atoms with Crippen LogP contribution in [0.3, 0.4) is 0 Å². The normalized spacial score (nSPS) is 11.9. The minimum absolute atomic E-state index is 0.0306. The second-order valence-corrected chi connectivity index (χ2v) is 4.42. The summed E-state index contributed by atoms with van der Waals surface area (Å²) in [5.41, 5.74) is 1.00. The van der Waals surface area contributed by atoms with Crippen LogP contribution >= 0.6 is 0 Å². The summed E-state index contributed by atoms with van der Waals surface area (Å²) in [4.78, 5) is 10.9. The Balaban J connectivity index is 2.96. The van der Waals surface area contributed by atoms with Crippen LogP contribution in [0.2, 0.25) is 0 Å². The van der Waals surface area contributed by atoms with E-state index in [1.165, 1.54) is 12.1 Å². The van der Waals surface area contributed by atoms with E-state index in [0.29, 0.717) is 0 Å². The van der Waals surface area contributed by atoms with Crippen LogP contribution in [0.15, 0.2) is 24.3 Å². The Labute approximate surface area is 88.1 Å². The highest BCUT2D eigenvalue weighted by Crippen LogP contribution is 2.23. The van der Waals surface area contributed by atoms with Crippen LogP contribution in [0.4, 0.5) is 8.78 Å². The molecule has 0 aliphatic rings. The lowest BCUT2D eigenvalue weighted by atomic mass is 9.86. The molecule has 1 aromatic carbocycles. The molecule has 15 heavy (non-hydrogen) atoms. The van der Waals surface area contributed by atoms with Gasteiger partial charge in [-0.2, -0.15) is 8.78 Å². The zero-order valence-corrected chi connectivity index (χ0v) is 8.97. The molecule has 1 nitrogen and oxygen atoms in total. The number of rotatable bonds is 2. The average Bonchev–Trinajstić information content (AvgIpc) is 2.15. The molecule has 0 fully saturated rings. The van der Waals surface area contributed by atoms with Crippen LogP contribution in [0.25, 0.3) is 0 Å². The smallest absolute Gasteiger partial charge is 0.287 e. The summed E-state index contributed by atoms with van der Waals surface area (Å²) in [6, 6.07) is 6.27. The second kappa shape index (κ2) is 4.09. The van der Waals surface area contributed by atoms with E-state index in [4.69, 9.17) is 0 Å². The minimum Gasteiger partial charge on any atom is -0.287 e. The highest BCUT2D eigenvalue weighted by Gasteiger charge is 2.21. The first-order valence-corrected chi connectivity index (χ1v) is 4.65. The van der Waals surface area contributed by atoms with E-state index < -0.39 is 12.2 Å². The van der Waals surface area contributed by atoms with Crippen LogP contribution in [0.1, 0.15) is 36.7 Å². The fraction of sp³-hybridized carbons (Fsp3) is 0.333. The molecule has 0 heterocycles. The first-order valence-electron chi connectivity index (χ1n) is 4.65. The Bertz CT molecular complexity index is 347. The van der Waals surface area contributed by atoms with Crippen molar-refractivity contribution in [1.82, 2.24) is 0 Å². The van der Waals surface area contributed by atoms with Crippen LogP contribution in [0.5, 0.6) is 0 Å². The standard InChI is InChI=1S/C12H13F2O/c1-12(2,3)9-6-4-8(5-7-9)10(15)11(13)14/h4-7H,1-3H3. The SMILES string of the molecule is CC(C)(C)c1ccc(C(=O)[C](F)F)cc1. The Kier molecular flexibility index (Phi) is 3.22. The maximum absolute atomic E-state index is 12.0. The van der Waals surface area contributed by atoms with E-state index in [-0.39, 0.29) is 11.0 Å². The molecule has 1 aromatic rings. The van der Waals surface area contributed by atoms with E-state index in [1.54, 1.807) is 12.1 Å². The fourth-order valence-electron chi connectivity index (χ4n) is 1.23. The molecule has 0 bridgehead atoms. The average molecular weight is 211 g/mol. The molecule has 0 aromatic heterocycles. The monoisotopic (exact) mass is 211 g/mol. The summed E-state index contributed by atoms with van der Waals surface area (Å²) in [5, 5.41) is 0. The van der Waals surface area contributed by atoms with Crippen molar-refractivity contribution < 1.29 is 13.6 Å². The van der Waals surface area contributed by atoms with Gasteiger partial charge < -0.3 is 0 Å². The van der Waals surface area contributed by atoms with Gasteiger partial charge in [-0.05, 0) is 11.0 Å². The number of carbonyl (C=O) groups is 1. The second-order valence-electron chi connectivity index (χ2n) is 4.42. The van der Waals surface area contributed by atoms with Gasteiger partial charge in [-0.3, -0.25) is 4.79 Å². The van der Waals surface area contributed by atoms with E-state index in [1.807, 2.05) is 20.8 Å². The third-order valence-electron chi connectivity index (χ3n) is 2.18. The van der Waals surface area contributed by atoms with Crippen LogP contribution in [-0.2, 0) is 5.41 Å². The van der Waals surface area contributed by atoms with Crippen molar-refractivity contribution >= 4 is 5.78 Å². The molecule has 0 atom stereocenters. The molecule has 0 aliphatic heterocycles. The summed E-state index contributed by atoms with van der Waals surface area (Å²) < 4.78 is 24.0. The van der Waals surface area contributed by atoms with Gasteiger partial charge >= 0.3 is 6.43 Å². The largest absolute Gasteiger partial charge is 0.379 e. The first kappa shape index (κ1) is 11.8. The van der Waals surface area contributed by atoms with E-state index >= 15 is 0 Å². The Hall–Kier alpha value is -1.25. The van der Waals surface area contributed by atoms with Crippen molar-refractivity contribution in [2.75, 3.05) is 0 Å². The molecule has 0 saturated heterocycles. The lowest BCUT2D eigenvalue weighted by Crippen LogP contribution is -2.11. The lowest BCUT2D eigenvalue weighted by molar-refractivity contribution is 0.0880. The molecule has 0 unspecified atom stereocenters. The molecule has 1 rings (SSSR count). The molecular formula is C12H13F2O. The van der Waals surface area contributed by atoms with Gasteiger partial charge in [-0.25, -0.2) is 0 Å². The van der Waals surface area contributed by atoms with Crippen LogP contribution < -0.4 is 0 Å². The summed E-state index contributed by atoms with van der Waals surface area (Å²) in [6.07, 6.45) is -2.17. The predicted octanol–water partition coefficient (Wildman–Crippen LogP) is 3.60. The summed E-state index contributed by atoms with van der Waals surface area (Å²) >= 11 is 0. The molecule has 1 radical (unpaired) electrons.